The van der Waals surface area contributed by atoms with Crippen LogP contribution in [0.15, 0.2) is 36.4 Å². The number of amides is 1. The molecule has 0 aromatic heterocycles. The average Bonchev–Trinajstić information content (AvgIpc) is 3.22. The van der Waals surface area contributed by atoms with Gasteiger partial charge in [0.2, 0.25) is 5.91 Å². The minimum absolute atomic E-state index is 0.124. The molecule has 6 heteroatoms. The van der Waals surface area contributed by atoms with Crippen molar-refractivity contribution < 1.29 is 18.0 Å². The third-order valence-corrected chi connectivity index (χ3v) is 5.47. The molecular weight excluding hydrogens is 365 g/mol. The van der Waals surface area contributed by atoms with Gasteiger partial charge in [-0.1, -0.05) is 30.3 Å². The zero-order valence-electron chi connectivity index (χ0n) is 16.2. The number of halogens is 3. The van der Waals surface area contributed by atoms with Crippen LogP contribution in [0.4, 0.5) is 13.2 Å². The number of likely N-dealkylation sites (N-methyl/N-ethyl adjacent to an activating group) is 1. The molecule has 0 saturated carbocycles. The van der Waals surface area contributed by atoms with E-state index in [4.69, 9.17) is 0 Å². The van der Waals surface area contributed by atoms with Crippen LogP contribution >= 0.6 is 0 Å². The molecule has 1 amide bonds. The topological polar surface area (TPSA) is 23.6 Å². The van der Waals surface area contributed by atoms with Crippen LogP contribution in [-0.4, -0.2) is 42.4 Å². The van der Waals surface area contributed by atoms with Gasteiger partial charge in [0.25, 0.3) is 0 Å². The Hall–Kier alpha value is -2.34. The molecule has 0 aliphatic carbocycles. The summed E-state index contributed by atoms with van der Waals surface area (Å²) in [6.07, 6.45) is 1.96. The molecule has 0 bridgehead atoms. The van der Waals surface area contributed by atoms with E-state index >= 15 is 0 Å². The van der Waals surface area contributed by atoms with E-state index in [9.17, 15) is 18.0 Å². The van der Waals surface area contributed by atoms with Crippen LogP contribution in [0, 0.1) is 24.4 Å². The predicted octanol–water partition coefficient (Wildman–Crippen LogP) is 4.25. The Morgan fingerprint density at radius 1 is 1.11 bits per heavy atom. The highest BCUT2D eigenvalue weighted by Gasteiger charge is 2.27. The number of nitrogens with zero attached hydrogens (tertiary/aromatic N) is 2. The van der Waals surface area contributed by atoms with Gasteiger partial charge >= 0.3 is 0 Å². The normalized spacial score (nSPS) is 15.6. The van der Waals surface area contributed by atoms with E-state index in [1.165, 1.54) is 6.92 Å². The second-order valence-electron chi connectivity index (χ2n) is 7.39. The summed E-state index contributed by atoms with van der Waals surface area (Å²) < 4.78 is 41.6. The molecule has 1 fully saturated rings. The van der Waals surface area contributed by atoms with Gasteiger partial charge in [-0.2, -0.15) is 0 Å². The van der Waals surface area contributed by atoms with Crippen molar-refractivity contribution in [3.63, 3.8) is 0 Å². The minimum atomic E-state index is -1.21. The lowest BCUT2D eigenvalue weighted by atomic mass is 10.0. The van der Waals surface area contributed by atoms with Crippen LogP contribution in [-0.2, 0) is 11.2 Å². The minimum Gasteiger partial charge on any atom is -0.337 e. The van der Waals surface area contributed by atoms with Crippen molar-refractivity contribution in [3.05, 3.63) is 70.5 Å². The largest absolute Gasteiger partial charge is 0.337 e. The molecule has 1 heterocycles. The summed E-state index contributed by atoms with van der Waals surface area (Å²) in [5, 5.41) is 0. The van der Waals surface area contributed by atoms with Crippen molar-refractivity contribution in [2.24, 2.45) is 0 Å². The first-order valence-corrected chi connectivity index (χ1v) is 9.54. The van der Waals surface area contributed by atoms with E-state index in [2.05, 4.69) is 4.90 Å². The highest BCUT2D eigenvalue weighted by Crippen LogP contribution is 2.25. The lowest BCUT2D eigenvalue weighted by Crippen LogP contribution is -2.39. The Labute approximate surface area is 163 Å². The molecule has 2 aromatic rings. The molecule has 1 aliphatic heterocycles. The molecule has 3 nitrogen and oxygen atoms in total. The van der Waals surface area contributed by atoms with Crippen molar-refractivity contribution in [1.29, 1.82) is 0 Å². The van der Waals surface area contributed by atoms with E-state index in [0.717, 1.165) is 37.6 Å². The maximum absolute atomic E-state index is 14.3. The van der Waals surface area contributed by atoms with Crippen LogP contribution in [0.5, 0.6) is 0 Å². The molecule has 2 aromatic carbocycles. The summed E-state index contributed by atoms with van der Waals surface area (Å²) in [4.78, 5) is 16.8. The quantitative estimate of drug-likeness (QED) is 0.689. The van der Waals surface area contributed by atoms with Crippen molar-refractivity contribution in [2.45, 2.75) is 32.2 Å². The van der Waals surface area contributed by atoms with Crippen molar-refractivity contribution in [2.75, 3.05) is 26.7 Å². The monoisotopic (exact) mass is 390 g/mol. The number of rotatable bonds is 6. The molecule has 0 radical (unpaired) electrons. The molecule has 1 atom stereocenters. The van der Waals surface area contributed by atoms with Crippen LogP contribution in [0.3, 0.4) is 0 Å². The fourth-order valence-corrected chi connectivity index (χ4v) is 3.72. The van der Waals surface area contributed by atoms with Gasteiger partial charge in [0.15, 0.2) is 11.6 Å². The first kappa shape index (κ1) is 20.4. The van der Waals surface area contributed by atoms with Gasteiger partial charge in [-0.15, -0.1) is 0 Å². The third-order valence-electron chi connectivity index (χ3n) is 5.47. The van der Waals surface area contributed by atoms with Crippen molar-refractivity contribution in [3.8, 4) is 0 Å². The fourth-order valence-electron chi connectivity index (χ4n) is 3.72. The fraction of sp³-hybridized carbons (Fsp3) is 0.409. The molecule has 150 valence electrons. The summed E-state index contributed by atoms with van der Waals surface area (Å²) in [7, 11) is 1.68. The van der Waals surface area contributed by atoms with Gasteiger partial charge in [-0.25, -0.2) is 13.2 Å². The number of carbonyl (C=O) groups excluding carboxylic acids is 1. The standard InChI is InChI=1S/C22H25F3N2O/c1-15-21(24)17(12-18(23)22(15)25)13-20(28)26(2)19(14-27-10-6-7-11-27)16-8-4-3-5-9-16/h3-5,8-9,12,19H,6-7,10-11,13-14H2,1-2H3/t19-/m1/s1. The molecule has 0 spiro atoms. The number of hydrogen-bond donors (Lipinski definition) is 0. The lowest BCUT2D eigenvalue weighted by molar-refractivity contribution is -0.131. The van der Waals surface area contributed by atoms with Crippen LogP contribution < -0.4 is 0 Å². The zero-order valence-corrected chi connectivity index (χ0v) is 16.2. The maximum atomic E-state index is 14.3. The van der Waals surface area contributed by atoms with Gasteiger partial charge in [-0.3, -0.25) is 4.79 Å². The third kappa shape index (κ3) is 4.38. The zero-order chi connectivity index (χ0) is 20.3. The van der Waals surface area contributed by atoms with Gasteiger partial charge < -0.3 is 9.80 Å². The Morgan fingerprint density at radius 3 is 2.39 bits per heavy atom. The predicted molar refractivity (Wildman–Crippen MR) is 102 cm³/mol. The van der Waals surface area contributed by atoms with E-state index in [-0.39, 0.29) is 23.9 Å². The summed E-state index contributed by atoms with van der Waals surface area (Å²) >= 11 is 0. The van der Waals surface area contributed by atoms with E-state index in [1.807, 2.05) is 30.3 Å². The van der Waals surface area contributed by atoms with Gasteiger partial charge in [0.1, 0.15) is 5.82 Å². The Bertz CT molecular complexity index is 835. The van der Waals surface area contributed by atoms with E-state index in [1.54, 1.807) is 11.9 Å². The van der Waals surface area contributed by atoms with Crippen LogP contribution in [0.2, 0.25) is 0 Å². The summed E-state index contributed by atoms with van der Waals surface area (Å²) in [6, 6.07) is 10.3. The summed E-state index contributed by atoms with van der Waals surface area (Å²) in [6.45, 7) is 3.84. The molecule has 0 unspecified atom stereocenters. The first-order chi connectivity index (χ1) is 13.4. The second-order valence-corrected chi connectivity index (χ2v) is 7.39. The highest BCUT2D eigenvalue weighted by atomic mass is 19.2. The Morgan fingerprint density at radius 2 is 1.75 bits per heavy atom. The van der Waals surface area contributed by atoms with E-state index < -0.39 is 23.0 Å². The molecule has 3 rings (SSSR count). The van der Waals surface area contributed by atoms with E-state index in [0.29, 0.717) is 6.54 Å². The Kier molecular flexibility index (Phi) is 6.39. The van der Waals surface area contributed by atoms with Gasteiger partial charge in [0.05, 0.1) is 12.5 Å². The van der Waals surface area contributed by atoms with Crippen LogP contribution in [0.25, 0.3) is 0 Å². The van der Waals surface area contributed by atoms with Gasteiger partial charge in [0, 0.05) is 24.7 Å². The smallest absolute Gasteiger partial charge is 0.227 e. The number of carbonyl (C=O) groups is 1. The second kappa shape index (κ2) is 8.78. The molecular formula is C22H25F3N2O. The van der Waals surface area contributed by atoms with Crippen molar-refractivity contribution >= 4 is 5.91 Å². The lowest BCUT2D eigenvalue weighted by Gasteiger charge is -2.32. The molecule has 0 N–H and O–H groups in total. The Balaban J connectivity index is 1.82. The summed E-state index contributed by atoms with van der Waals surface area (Å²) in [5.74, 6) is -3.55. The highest BCUT2D eigenvalue weighted by molar-refractivity contribution is 5.79. The first-order valence-electron chi connectivity index (χ1n) is 9.54. The molecule has 1 saturated heterocycles. The maximum Gasteiger partial charge on any atom is 0.227 e. The van der Waals surface area contributed by atoms with Gasteiger partial charge in [-0.05, 0) is 44.5 Å². The molecule has 1 aliphatic rings. The van der Waals surface area contributed by atoms with Crippen LogP contribution in [0.1, 0.15) is 35.6 Å². The number of likely N-dealkylation sites (tertiary alicyclic amines) is 1. The summed E-state index contributed by atoms with van der Waals surface area (Å²) in [5.41, 5.74) is 0.468. The molecule has 28 heavy (non-hydrogen) atoms. The number of hydrogen-bond acceptors (Lipinski definition) is 2. The van der Waals surface area contributed by atoms with Crippen molar-refractivity contribution in [1.82, 2.24) is 9.80 Å². The SMILES string of the molecule is Cc1c(F)c(F)cc(CC(=O)N(C)[C@H](CN2CCCC2)c2ccccc2)c1F. The average molecular weight is 390 g/mol. The number of benzene rings is 2.